The largest absolute Gasteiger partial charge is 0.508 e. The number of aromatic nitrogens is 1. The van der Waals surface area contributed by atoms with Crippen LogP contribution in [0.5, 0.6) is 11.5 Å². The highest BCUT2D eigenvalue weighted by Crippen LogP contribution is 2.23. The van der Waals surface area contributed by atoms with Crippen molar-refractivity contribution in [3.63, 3.8) is 0 Å². The van der Waals surface area contributed by atoms with Crippen molar-refractivity contribution < 1.29 is 82.1 Å². The standard InChI is InChI=1S/C93H123N17O17S/c1-11-12-32-76(109(9)82(117)42-37-59-24-16-13-17-25-59)92(126)108(8)54-79(114)99-69(43-44-94)86(120)106-83(58(4)5)93(127)110(10)77(49-61-28-20-15-21-29-61)90(124)104-74(48-63-35-40-66(112)41-36-63)91(125)107(7)53-80(115)100-73(50-64-51-97-68-31-23-22-30-67(64)68)89(123)103-72(47-62-33-38-65(111)39-34-62)88(122)102-70(45-57(2)3)87(121)105-75(85(119)98-52-78(95)113)55-128-56-81(116)101-71(84(118)96-6)46-60-26-18-14-19-27-60/h13-31,33-36,38-41,51,57-58,69-77,83,97,111-112H,11-12,32,37,42-50,52-56,94H2,1-10H3,(H2,95,113)(H,96,118)(H,98,119)(H,99,114)(H,100,115)(H,101,116)(H,102,122)(H,103,123)(H,104,124)(H,105,121)(H,106,120). The maximum absolute atomic E-state index is 15.4. The number of aromatic amines is 1. The smallest absolute Gasteiger partial charge is 0.245 e. The number of para-hydroxylation sites is 1. The predicted molar refractivity (Wildman–Crippen MR) is 486 cm³/mol. The summed E-state index contributed by atoms with van der Waals surface area (Å²) < 4.78 is 0. The van der Waals surface area contributed by atoms with Gasteiger partial charge in [-0.2, -0.15) is 0 Å². The monoisotopic (exact) mass is 1780 g/mol. The summed E-state index contributed by atoms with van der Waals surface area (Å²) in [6.07, 6.45) is 3.07. The molecule has 34 nitrogen and oxygen atoms in total. The maximum Gasteiger partial charge on any atom is 0.245 e. The number of hydrogen-bond donors (Lipinski definition) is 15. The second kappa shape index (κ2) is 51.4. The summed E-state index contributed by atoms with van der Waals surface area (Å²) in [5.74, 6) is -12.9. The first kappa shape index (κ1) is 102. The number of nitrogens with one attached hydrogen (secondary N) is 11. The van der Waals surface area contributed by atoms with Crippen molar-refractivity contribution in [3.05, 3.63) is 203 Å². The van der Waals surface area contributed by atoms with Gasteiger partial charge in [0.15, 0.2) is 0 Å². The number of carbonyl (C=O) groups excluding carboxylic acids is 15. The third-order valence-corrected chi connectivity index (χ3v) is 22.6. The number of rotatable bonds is 51. The number of nitrogens with two attached hydrogens (primary N) is 2. The number of nitrogens with zero attached hydrogens (tertiary/aromatic N) is 4. The third-order valence-electron chi connectivity index (χ3n) is 21.5. The Morgan fingerprint density at radius 1 is 0.453 bits per heavy atom. The summed E-state index contributed by atoms with van der Waals surface area (Å²) in [6.45, 7) is 6.82. The van der Waals surface area contributed by atoms with E-state index in [9.17, 15) is 58.2 Å². The number of benzene rings is 6. The van der Waals surface area contributed by atoms with E-state index in [0.717, 1.165) is 39.1 Å². The minimum atomic E-state index is -1.56. The molecular formula is C93H123N17O17S. The van der Waals surface area contributed by atoms with Gasteiger partial charge in [-0.3, -0.25) is 71.9 Å². The van der Waals surface area contributed by atoms with Crippen LogP contribution in [0.2, 0.25) is 0 Å². The van der Waals surface area contributed by atoms with Crippen LogP contribution in [-0.2, 0) is 110 Å². The predicted octanol–water partition coefficient (Wildman–Crippen LogP) is 2.50. The van der Waals surface area contributed by atoms with Gasteiger partial charge >= 0.3 is 0 Å². The first-order valence-corrected chi connectivity index (χ1v) is 43.9. The molecule has 10 unspecified atom stereocenters. The quantitative estimate of drug-likeness (QED) is 0.0260. The topological polar surface area (TPSA) is 498 Å². The van der Waals surface area contributed by atoms with Crippen LogP contribution < -0.4 is 64.6 Å². The van der Waals surface area contributed by atoms with Crippen LogP contribution >= 0.6 is 11.8 Å². The number of amides is 15. The van der Waals surface area contributed by atoms with E-state index >= 15 is 24.0 Å². The molecule has 10 atom stereocenters. The average molecular weight is 1780 g/mol. The van der Waals surface area contributed by atoms with Crippen molar-refractivity contribution in [2.45, 2.75) is 172 Å². The number of phenolic OH excluding ortho intramolecular Hbond substituents is 2. The summed E-state index contributed by atoms with van der Waals surface area (Å²) in [5.41, 5.74) is 15.8. The van der Waals surface area contributed by atoms with E-state index in [-0.39, 0.29) is 92.7 Å². The van der Waals surface area contributed by atoms with Crippen LogP contribution in [0, 0.1) is 11.8 Å². The molecular weight excluding hydrogens is 1660 g/mol. The third kappa shape index (κ3) is 32.7. The van der Waals surface area contributed by atoms with Crippen LogP contribution in [0.15, 0.2) is 170 Å². The lowest BCUT2D eigenvalue weighted by Gasteiger charge is -2.34. The minimum Gasteiger partial charge on any atom is -0.508 e. The van der Waals surface area contributed by atoms with Crippen molar-refractivity contribution in [2.24, 2.45) is 23.3 Å². The second-order valence-corrected chi connectivity index (χ2v) is 33.6. The van der Waals surface area contributed by atoms with Gasteiger partial charge in [-0.05, 0) is 108 Å². The minimum absolute atomic E-state index is 0.0440. The van der Waals surface area contributed by atoms with Gasteiger partial charge in [0.25, 0.3) is 0 Å². The summed E-state index contributed by atoms with van der Waals surface area (Å²) in [6, 6.07) is 32.3. The fraction of sp³-hybridized carbons (Fsp3) is 0.430. The van der Waals surface area contributed by atoms with Crippen molar-refractivity contribution >= 4 is 111 Å². The van der Waals surface area contributed by atoms with E-state index < -0.39 is 169 Å². The Kier molecular flexibility index (Phi) is 41.0. The second-order valence-electron chi connectivity index (χ2n) is 32.5. The molecule has 15 amide bonds. The number of fused-ring (bicyclic) bond motifs is 1. The van der Waals surface area contributed by atoms with Gasteiger partial charge in [0, 0.05) is 96.6 Å². The number of hydrogen-bond acceptors (Lipinski definition) is 19. The highest BCUT2D eigenvalue weighted by molar-refractivity contribution is 8.00. The van der Waals surface area contributed by atoms with Crippen molar-refractivity contribution in [1.29, 1.82) is 0 Å². The highest BCUT2D eigenvalue weighted by Gasteiger charge is 2.40. The molecule has 128 heavy (non-hydrogen) atoms. The fourth-order valence-corrected chi connectivity index (χ4v) is 15.3. The van der Waals surface area contributed by atoms with Gasteiger partial charge in [0.2, 0.25) is 88.6 Å². The van der Waals surface area contributed by atoms with Crippen LogP contribution in [-0.4, -0.2) is 257 Å². The molecule has 0 radical (unpaired) electrons. The molecule has 35 heteroatoms. The first-order valence-electron chi connectivity index (χ1n) is 42.8. The molecule has 6 aromatic carbocycles. The molecule has 0 aliphatic heterocycles. The molecule has 1 aromatic heterocycles. The Morgan fingerprint density at radius 3 is 1.47 bits per heavy atom. The average Bonchev–Trinajstić information content (AvgIpc) is 1.79. The van der Waals surface area contributed by atoms with E-state index in [2.05, 4.69) is 58.2 Å². The first-order chi connectivity index (χ1) is 61.1. The van der Waals surface area contributed by atoms with Crippen molar-refractivity contribution in [1.82, 2.24) is 77.8 Å². The lowest BCUT2D eigenvalue weighted by atomic mass is 9.98. The van der Waals surface area contributed by atoms with Gasteiger partial charge in [-0.15, -0.1) is 11.8 Å². The number of primary amides is 1. The van der Waals surface area contributed by atoms with Crippen LogP contribution in [0.1, 0.15) is 107 Å². The number of likely N-dealkylation sites (N-methyl/N-ethyl adjacent to an activating group) is 5. The Balaban J connectivity index is 1.11. The van der Waals surface area contributed by atoms with Crippen LogP contribution in [0.25, 0.3) is 10.9 Å². The molecule has 17 N–H and O–H groups in total. The van der Waals surface area contributed by atoms with Crippen molar-refractivity contribution in [3.8, 4) is 11.5 Å². The van der Waals surface area contributed by atoms with E-state index in [1.807, 2.05) is 37.3 Å². The molecule has 0 spiro atoms. The number of aromatic hydroxyl groups is 2. The van der Waals surface area contributed by atoms with Crippen LogP contribution in [0.3, 0.4) is 0 Å². The highest BCUT2D eigenvalue weighted by atomic mass is 32.2. The van der Waals surface area contributed by atoms with Gasteiger partial charge in [-0.25, -0.2) is 0 Å². The van der Waals surface area contributed by atoms with E-state index in [1.54, 1.807) is 126 Å². The fourth-order valence-electron chi connectivity index (χ4n) is 14.4. The SMILES string of the molecule is CCCCC(C(=O)N(C)CC(=O)NC(CCN)C(=O)NC(C(=O)N(C)C(Cc1ccccc1)C(=O)NC(Cc1ccc(O)cc1)C(=O)N(C)CC(=O)NC(Cc1c[nH]c2ccccc12)C(=O)NC(Cc1ccc(O)cc1)C(=O)NC(CC(C)C)C(=O)NC(CSCC(=O)NC(Cc1ccccc1)C(=O)NC)C(=O)NCC(N)=O)C(C)C)N(C)C(=O)CCc1ccccc1. The number of H-pyrrole nitrogens is 1. The molecule has 1 heterocycles. The molecule has 7 aromatic rings. The number of phenols is 2. The number of unbranched alkanes of at least 4 members (excludes halogenated alkanes) is 1. The summed E-state index contributed by atoms with van der Waals surface area (Å²) in [5, 5.41) is 48.2. The molecule has 0 aliphatic rings. The van der Waals surface area contributed by atoms with Gasteiger partial charge in [-0.1, -0.05) is 181 Å². The van der Waals surface area contributed by atoms with Crippen molar-refractivity contribution in [2.75, 3.05) is 72.9 Å². The number of carbonyl (C=O) groups is 15. The Labute approximate surface area is 750 Å². The molecule has 0 saturated carbocycles. The maximum atomic E-state index is 15.4. The Bertz CT molecular complexity index is 4890. The van der Waals surface area contributed by atoms with E-state index in [1.165, 1.54) is 86.5 Å². The van der Waals surface area contributed by atoms with Crippen LogP contribution in [0.4, 0.5) is 0 Å². The molecule has 0 fully saturated rings. The lowest BCUT2D eigenvalue weighted by molar-refractivity contribution is -0.145. The van der Waals surface area contributed by atoms with E-state index in [4.69, 9.17) is 11.5 Å². The summed E-state index contributed by atoms with van der Waals surface area (Å²) in [4.78, 5) is 222. The molecule has 0 aliphatic carbocycles. The number of aryl methyl sites for hydroxylation is 1. The summed E-state index contributed by atoms with van der Waals surface area (Å²) in [7, 11) is 7.06. The van der Waals surface area contributed by atoms with E-state index in [0.29, 0.717) is 52.4 Å². The molecule has 7 rings (SSSR count). The molecule has 0 bridgehead atoms. The Hall–Kier alpha value is -13.2. The number of thioether (sulfide) groups is 1. The normalized spacial score (nSPS) is 13.5. The van der Waals surface area contributed by atoms with Gasteiger partial charge in [0.05, 0.1) is 25.4 Å². The zero-order valence-electron chi connectivity index (χ0n) is 74.2. The Morgan fingerprint density at radius 2 is 0.922 bits per heavy atom. The molecule has 0 saturated heterocycles. The zero-order valence-corrected chi connectivity index (χ0v) is 75.0. The summed E-state index contributed by atoms with van der Waals surface area (Å²) >= 11 is 0.920. The molecule has 688 valence electrons. The lowest BCUT2D eigenvalue weighted by Crippen LogP contribution is -2.61. The zero-order chi connectivity index (χ0) is 93.7. The van der Waals surface area contributed by atoms with Gasteiger partial charge < -0.3 is 99.4 Å². The van der Waals surface area contributed by atoms with Gasteiger partial charge in [0.1, 0.15) is 71.9 Å².